The number of benzene rings is 1. The van der Waals surface area contributed by atoms with Gasteiger partial charge in [-0.15, -0.1) is 11.8 Å². The first kappa shape index (κ1) is 15.5. The van der Waals surface area contributed by atoms with Gasteiger partial charge in [-0.25, -0.2) is 4.63 Å². The highest BCUT2D eigenvalue weighted by Gasteiger charge is 2.20. The van der Waals surface area contributed by atoms with E-state index in [2.05, 4.69) is 14.9 Å². The van der Waals surface area contributed by atoms with Gasteiger partial charge in [0, 0.05) is 10.6 Å². The van der Waals surface area contributed by atoms with Gasteiger partial charge < -0.3 is 0 Å². The van der Waals surface area contributed by atoms with Crippen LogP contribution in [-0.2, 0) is 5.75 Å². The highest BCUT2D eigenvalue weighted by Crippen LogP contribution is 2.48. The maximum Gasteiger partial charge on any atom is 0.118 e. The lowest BCUT2D eigenvalue weighted by Gasteiger charge is -2.11. The molecule has 0 radical (unpaired) electrons. The third kappa shape index (κ3) is 3.09. The molecule has 0 bridgehead atoms. The average Bonchev–Trinajstić information content (AvgIpc) is 2.80. The number of thioether (sulfide) groups is 1. The monoisotopic (exact) mass is 376 g/mol. The van der Waals surface area contributed by atoms with Crippen molar-refractivity contribution >= 4 is 69.8 Å². The molecule has 0 aliphatic rings. The van der Waals surface area contributed by atoms with Gasteiger partial charge in [0.15, 0.2) is 0 Å². The summed E-state index contributed by atoms with van der Waals surface area (Å²) in [7, 11) is 0. The molecule has 0 unspecified atom stereocenters. The van der Waals surface area contributed by atoms with Crippen molar-refractivity contribution in [1.29, 1.82) is 0 Å². The summed E-state index contributed by atoms with van der Waals surface area (Å²) in [6, 6.07) is 0. The molecule has 0 fully saturated rings. The number of aromatic nitrogens is 2. The first-order valence-electron chi connectivity index (χ1n) is 4.85. The van der Waals surface area contributed by atoms with E-state index in [0.717, 1.165) is 0 Å². The van der Waals surface area contributed by atoms with Gasteiger partial charge in [0.05, 0.1) is 25.1 Å². The predicted molar refractivity (Wildman–Crippen MR) is 80.1 cm³/mol. The standard InChI is InChI=1S/C10H5Cl5N2OS/c1-3-4(17-18-16-3)2-19-10-8(14)6(12)5(11)7(13)9(10)15/h2H2,1H3. The third-order valence-electron chi connectivity index (χ3n) is 2.27. The third-order valence-corrected chi connectivity index (χ3v) is 5.88. The summed E-state index contributed by atoms with van der Waals surface area (Å²) in [6.07, 6.45) is 0. The highest BCUT2D eigenvalue weighted by atomic mass is 35.5. The van der Waals surface area contributed by atoms with Gasteiger partial charge in [-0.3, -0.25) is 0 Å². The van der Waals surface area contributed by atoms with Crippen LogP contribution >= 0.6 is 69.8 Å². The number of hydrogen-bond donors (Lipinski definition) is 0. The second-order valence-corrected chi connectivity index (χ2v) is 6.36. The minimum Gasteiger partial charge on any atom is -0.244 e. The smallest absolute Gasteiger partial charge is 0.118 e. The SMILES string of the molecule is Cc1nonc1CSc1c(Cl)c(Cl)c(Cl)c(Cl)c1Cl. The van der Waals surface area contributed by atoms with Gasteiger partial charge in [-0.05, 0) is 6.92 Å². The van der Waals surface area contributed by atoms with E-state index in [1.807, 2.05) is 0 Å². The molecule has 2 rings (SSSR count). The Morgan fingerprint density at radius 2 is 1.42 bits per heavy atom. The number of nitrogens with zero attached hydrogens (tertiary/aromatic N) is 2. The minimum atomic E-state index is 0.141. The molecule has 0 saturated carbocycles. The van der Waals surface area contributed by atoms with Crippen LogP contribution in [0.1, 0.15) is 11.4 Å². The van der Waals surface area contributed by atoms with E-state index >= 15 is 0 Å². The van der Waals surface area contributed by atoms with E-state index in [0.29, 0.717) is 22.0 Å². The Kier molecular flexibility index (Phi) is 5.15. The number of rotatable bonds is 3. The van der Waals surface area contributed by atoms with Crippen molar-refractivity contribution in [2.24, 2.45) is 0 Å². The Balaban J connectivity index is 2.33. The highest BCUT2D eigenvalue weighted by molar-refractivity contribution is 7.98. The van der Waals surface area contributed by atoms with Gasteiger partial charge in [0.25, 0.3) is 0 Å². The van der Waals surface area contributed by atoms with E-state index in [9.17, 15) is 0 Å². The lowest BCUT2D eigenvalue weighted by atomic mass is 10.3. The second kappa shape index (κ2) is 6.29. The van der Waals surface area contributed by atoms with E-state index in [-0.39, 0.29) is 25.1 Å². The molecule has 0 aliphatic carbocycles. The van der Waals surface area contributed by atoms with Crippen molar-refractivity contribution in [3.63, 3.8) is 0 Å². The molecule has 102 valence electrons. The molecular weight excluding hydrogens is 373 g/mol. The Hall–Kier alpha value is 0.160. The van der Waals surface area contributed by atoms with Crippen LogP contribution in [-0.4, -0.2) is 10.3 Å². The molecule has 0 aliphatic heterocycles. The van der Waals surface area contributed by atoms with Crippen molar-refractivity contribution in [2.75, 3.05) is 0 Å². The van der Waals surface area contributed by atoms with Crippen molar-refractivity contribution in [3.05, 3.63) is 36.5 Å². The molecule has 19 heavy (non-hydrogen) atoms. The average molecular weight is 378 g/mol. The van der Waals surface area contributed by atoms with Gasteiger partial charge in [-0.2, -0.15) is 0 Å². The van der Waals surface area contributed by atoms with E-state index in [1.165, 1.54) is 11.8 Å². The van der Waals surface area contributed by atoms with Crippen LogP contribution in [0.25, 0.3) is 0 Å². The molecule has 1 aromatic heterocycles. The topological polar surface area (TPSA) is 38.9 Å². The van der Waals surface area contributed by atoms with E-state index in [1.54, 1.807) is 6.92 Å². The van der Waals surface area contributed by atoms with Crippen LogP contribution in [0.5, 0.6) is 0 Å². The Labute approximate surface area is 138 Å². The lowest BCUT2D eigenvalue weighted by Crippen LogP contribution is -1.88. The van der Waals surface area contributed by atoms with Crippen LogP contribution in [0.3, 0.4) is 0 Å². The molecule has 0 saturated heterocycles. The van der Waals surface area contributed by atoms with Crippen LogP contribution in [0.15, 0.2) is 9.52 Å². The maximum absolute atomic E-state index is 6.12. The number of aryl methyl sites for hydroxylation is 1. The summed E-state index contributed by atoms with van der Waals surface area (Å²) in [4.78, 5) is 0.546. The Morgan fingerprint density at radius 3 is 1.89 bits per heavy atom. The molecule has 3 nitrogen and oxygen atoms in total. The summed E-state index contributed by atoms with van der Waals surface area (Å²) in [5.41, 5.74) is 1.39. The van der Waals surface area contributed by atoms with Gasteiger partial charge in [0.2, 0.25) is 0 Å². The zero-order valence-corrected chi connectivity index (χ0v) is 13.9. The largest absolute Gasteiger partial charge is 0.244 e. The maximum atomic E-state index is 6.12. The fourth-order valence-electron chi connectivity index (χ4n) is 1.23. The van der Waals surface area contributed by atoms with Gasteiger partial charge >= 0.3 is 0 Å². The van der Waals surface area contributed by atoms with Gasteiger partial charge in [0.1, 0.15) is 11.4 Å². The van der Waals surface area contributed by atoms with Gasteiger partial charge in [-0.1, -0.05) is 68.3 Å². The zero-order chi connectivity index (χ0) is 14.2. The minimum absolute atomic E-state index is 0.141. The van der Waals surface area contributed by atoms with Crippen LogP contribution in [0, 0.1) is 6.92 Å². The van der Waals surface area contributed by atoms with Crippen molar-refractivity contribution in [2.45, 2.75) is 17.6 Å². The van der Waals surface area contributed by atoms with Crippen molar-refractivity contribution in [1.82, 2.24) is 10.3 Å². The predicted octanol–water partition coefficient (Wildman–Crippen LogP) is 5.94. The lowest BCUT2D eigenvalue weighted by molar-refractivity contribution is 0.302. The Morgan fingerprint density at radius 1 is 0.895 bits per heavy atom. The summed E-state index contributed by atoms with van der Waals surface area (Å²) in [6.45, 7) is 1.79. The van der Waals surface area contributed by atoms with Crippen LogP contribution in [0.2, 0.25) is 25.1 Å². The van der Waals surface area contributed by atoms with Crippen molar-refractivity contribution < 1.29 is 4.63 Å². The molecule has 2 aromatic rings. The molecular formula is C10H5Cl5N2OS. The first-order chi connectivity index (χ1) is 8.93. The molecule has 1 heterocycles. The van der Waals surface area contributed by atoms with E-state index in [4.69, 9.17) is 58.0 Å². The van der Waals surface area contributed by atoms with Crippen LogP contribution in [0.4, 0.5) is 0 Å². The normalized spacial score (nSPS) is 11.1. The molecule has 1 aromatic carbocycles. The molecule has 0 N–H and O–H groups in total. The molecule has 0 amide bonds. The number of hydrogen-bond acceptors (Lipinski definition) is 4. The summed E-state index contributed by atoms with van der Waals surface area (Å²) < 4.78 is 4.61. The first-order valence-corrected chi connectivity index (χ1v) is 7.73. The summed E-state index contributed by atoms with van der Waals surface area (Å²) in [5, 5.41) is 8.47. The van der Waals surface area contributed by atoms with Crippen LogP contribution < -0.4 is 0 Å². The fourth-order valence-corrected chi connectivity index (χ4v) is 3.81. The summed E-state index contributed by atoms with van der Waals surface area (Å²) in [5.74, 6) is 0.475. The Bertz CT molecular complexity index is 602. The van der Waals surface area contributed by atoms with Crippen molar-refractivity contribution in [3.8, 4) is 0 Å². The molecule has 9 heteroatoms. The molecule has 0 spiro atoms. The fraction of sp³-hybridized carbons (Fsp3) is 0.200. The number of halogens is 5. The second-order valence-electron chi connectivity index (χ2n) is 3.48. The zero-order valence-electron chi connectivity index (χ0n) is 9.31. The molecule has 0 atom stereocenters. The van der Waals surface area contributed by atoms with E-state index < -0.39 is 0 Å². The summed E-state index contributed by atoms with van der Waals surface area (Å²) >= 11 is 31.4. The quantitative estimate of drug-likeness (QED) is 0.376.